The van der Waals surface area contributed by atoms with Crippen LogP contribution in [0.15, 0.2) is 46.1 Å². The Morgan fingerprint density at radius 1 is 1.42 bits per heavy atom. The van der Waals surface area contributed by atoms with E-state index in [1.54, 1.807) is 11.4 Å². The lowest BCUT2D eigenvalue weighted by atomic mass is 10.3. The van der Waals surface area contributed by atoms with E-state index in [1.165, 1.54) is 18.7 Å². The quantitative estimate of drug-likeness (QED) is 0.712. The minimum atomic E-state index is -0.200. The van der Waals surface area contributed by atoms with Gasteiger partial charge in [-0.1, -0.05) is 6.07 Å². The zero-order chi connectivity index (χ0) is 13.2. The van der Waals surface area contributed by atoms with E-state index in [9.17, 15) is 4.79 Å². The van der Waals surface area contributed by atoms with Gasteiger partial charge in [0, 0.05) is 6.07 Å². The number of aromatic nitrogens is 3. The van der Waals surface area contributed by atoms with E-state index in [0.717, 1.165) is 11.3 Å². The highest BCUT2D eigenvalue weighted by molar-refractivity contribution is 5.37. The summed E-state index contributed by atoms with van der Waals surface area (Å²) < 4.78 is 12.3. The summed E-state index contributed by atoms with van der Waals surface area (Å²) in [6.07, 6.45) is 2.79. The van der Waals surface area contributed by atoms with E-state index in [4.69, 9.17) is 9.15 Å². The van der Waals surface area contributed by atoms with Crippen molar-refractivity contribution in [3.63, 3.8) is 0 Å². The lowest BCUT2D eigenvalue weighted by Gasteiger charge is -2.06. The number of pyridine rings is 1. The normalized spacial score (nSPS) is 10.8. The third kappa shape index (κ3) is 2.20. The van der Waals surface area contributed by atoms with Crippen LogP contribution < -0.4 is 10.2 Å². The molecule has 3 heterocycles. The zero-order valence-electron chi connectivity index (χ0n) is 10.2. The molecule has 0 atom stereocenters. The van der Waals surface area contributed by atoms with Gasteiger partial charge in [0.15, 0.2) is 5.65 Å². The first kappa shape index (κ1) is 11.5. The van der Waals surface area contributed by atoms with Crippen LogP contribution in [-0.2, 0) is 6.61 Å². The molecule has 0 bridgehead atoms. The van der Waals surface area contributed by atoms with Gasteiger partial charge in [0.2, 0.25) is 11.2 Å². The molecule has 0 saturated heterocycles. The van der Waals surface area contributed by atoms with E-state index in [1.807, 2.05) is 18.2 Å². The summed E-state index contributed by atoms with van der Waals surface area (Å²) in [5, 5.41) is 4.09. The number of aryl methyl sites for hydroxylation is 1. The SMILES string of the molecule is Cc1cc(=O)c(OCc2cccc3ncnn23)co1. The first-order chi connectivity index (χ1) is 9.24. The van der Waals surface area contributed by atoms with Gasteiger partial charge in [-0.2, -0.15) is 5.10 Å². The third-order valence-electron chi connectivity index (χ3n) is 2.68. The van der Waals surface area contributed by atoms with Crippen LogP contribution in [0.4, 0.5) is 0 Å². The largest absolute Gasteiger partial charge is 0.480 e. The minimum Gasteiger partial charge on any atom is -0.480 e. The predicted octanol–water partition coefficient (Wildman–Crippen LogP) is 1.57. The Balaban J connectivity index is 1.86. The molecule has 6 heteroatoms. The molecule has 0 N–H and O–H groups in total. The number of rotatable bonds is 3. The van der Waals surface area contributed by atoms with Gasteiger partial charge in [-0.3, -0.25) is 4.79 Å². The van der Waals surface area contributed by atoms with Gasteiger partial charge < -0.3 is 9.15 Å². The van der Waals surface area contributed by atoms with Crippen LogP contribution in [0.2, 0.25) is 0 Å². The Kier molecular flexibility index (Phi) is 2.75. The minimum absolute atomic E-state index is 0.183. The molecule has 96 valence electrons. The number of nitrogens with zero attached hydrogens (tertiary/aromatic N) is 3. The van der Waals surface area contributed by atoms with Crippen LogP contribution in [0.25, 0.3) is 5.65 Å². The Morgan fingerprint density at radius 2 is 2.32 bits per heavy atom. The van der Waals surface area contributed by atoms with Gasteiger partial charge in [-0.25, -0.2) is 9.50 Å². The van der Waals surface area contributed by atoms with Crippen LogP contribution in [-0.4, -0.2) is 14.6 Å². The Morgan fingerprint density at radius 3 is 3.16 bits per heavy atom. The number of hydrogen-bond donors (Lipinski definition) is 0. The van der Waals surface area contributed by atoms with Crippen LogP contribution >= 0.6 is 0 Å². The molecule has 0 radical (unpaired) electrons. The number of hydrogen-bond acceptors (Lipinski definition) is 5. The van der Waals surface area contributed by atoms with Crippen molar-refractivity contribution >= 4 is 5.65 Å². The van der Waals surface area contributed by atoms with Crippen LogP contribution in [0.3, 0.4) is 0 Å². The molecule has 0 aliphatic rings. The molecular weight excluding hydrogens is 246 g/mol. The number of ether oxygens (including phenoxy) is 1. The second-order valence-electron chi connectivity index (χ2n) is 4.06. The molecule has 3 aromatic heterocycles. The fourth-order valence-corrected chi connectivity index (χ4v) is 1.76. The lowest BCUT2D eigenvalue weighted by Crippen LogP contribution is -2.09. The summed E-state index contributed by atoms with van der Waals surface area (Å²) in [6.45, 7) is 1.93. The highest BCUT2D eigenvalue weighted by Crippen LogP contribution is 2.09. The Hall–Kier alpha value is -2.63. The van der Waals surface area contributed by atoms with E-state index < -0.39 is 0 Å². The van der Waals surface area contributed by atoms with E-state index >= 15 is 0 Å². The summed E-state index contributed by atoms with van der Waals surface area (Å²) in [4.78, 5) is 15.7. The topological polar surface area (TPSA) is 69.6 Å². The summed E-state index contributed by atoms with van der Waals surface area (Å²) in [6, 6.07) is 6.96. The van der Waals surface area contributed by atoms with Gasteiger partial charge in [-0.05, 0) is 19.1 Å². The maximum Gasteiger partial charge on any atom is 0.226 e. The maximum atomic E-state index is 11.7. The molecule has 6 nitrogen and oxygen atoms in total. The maximum absolute atomic E-state index is 11.7. The molecule has 0 aromatic carbocycles. The molecule has 3 rings (SSSR count). The molecule has 0 aliphatic carbocycles. The lowest BCUT2D eigenvalue weighted by molar-refractivity contribution is 0.283. The average Bonchev–Trinajstić information content (AvgIpc) is 2.86. The molecule has 0 spiro atoms. The van der Waals surface area contributed by atoms with E-state index in [-0.39, 0.29) is 17.8 Å². The second-order valence-corrected chi connectivity index (χ2v) is 4.06. The van der Waals surface area contributed by atoms with Crippen molar-refractivity contribution in [2.75, 3.05) is 0 Å². The van der Waals surface area contributed by atoms with Gasteiger partial charge in [0.1, 0.15) is 25.0 Å². The van der Waals surface area contributed by atoms with E-state index in [0.29, 0.717) is 5.76 Å². The predicted molar refractivity (Wildman–Crippen MR) is 67.0 cm³/mol. The van der Waals surface area contributed by atoms with Gasteiger partial charge in [0.05, 0.1) is 5.69 Å². The molecule has 0 aliphatic heterocycles. The van der Waals surface area contributed by atoms with Gasteiger partial charge in [-0.15, -0.1) is 0 Å². The van der Waals surface area contributed by atoms with Crippen molar-refractivity contribution in [2.24, 2.45) is 0 Å². The molecule has 0 unspecified atom stereocenters. The highest BCUT2D eigenvalue weighted by atomic mass is 16.5. The smallest absolute Gasteiger partial charge is 0.226 e. The second kappa shape index (κ2) is 4.56. The first-order valence-electron chi connectivity index (χ1n) is 5.74. The molecular formula is C13H11N3O3. The monoisotopic (exact) mass is 257 g/mol. The molecule has 0 saturated carbocycles. The van der Waals surface area contributed by atoms with Crippen LogP contribution in [0, 0.1) is 6.92 Å². The average molecular weight is 257 g/mol. The van der Waals surface area contributed by atoms with Crippen LogP contribution in [0.1, 0.15) is 11.5 Å². The highest BCUT2D eigenvalue weighted by Gasteiger charge is 2.06. The molecule has 3 aromatic rings. The Labute approximate surface area is 108 Å². The standard InChI is InChI=1S/C13H11N3O3/c1-9-5-11(17)12(7-18-9)19-6-10-3-2-4-13-14-8-15-16(10)13/h2-5,7-8H,6H2,1H3. The summed E-state index contributed by atoms with van der Waals surface area (Å²) in [5.74, 6) is 0.735. The van der Waals surface area contributed by atoms with Crippen molar-refractivity contribution in [2.45, 2.75) is 13.5 Å². The third-order valence-corrected chi connectivity index (χ3v) is 2.68. The van der Waals surface area contributed by atoms with Crippen molar-refractivity contribution in [3.8, 4) is 5.75 Å². The summed E-state index contributed by atoms with van der Waals surface area (Å²) >= 11 is 0. The van der Waals surface area contributed by atoms with E-state index in [2.05, 4.69) is 10.1 Å². The van der Waals surface area contributed by atoms with Crippen molar-refractivity contribution < 1.29 is 9.15 Å². The molecule has 0 amide bonds. The Bertz CT molecular complexity index is 776. The zero-order valence-corrected chi connectivity index (χ0v) is 10.2. The van der Waals surface area contributed by atoms with Gasteiger partial charge in [0.25, 0.3) is 0 Å². The van der Waals surface area contributed by atoms with Gasteiger partial charge >= 0.3 is 0 Å². The van der Waals surface area contributed by atoms with Crippen molar-refractivity contribution in [1.82, 2.24) is 14.6 Å². The number of fused-ring (bicyclic) bond motifs is 1. The fourth-order valence-electron chi connectivity index (χ4n) is 1.76. The van der Waals surface area contributed by atoms with Crippen molar-refractivity contribution in [3.05, 3.63) is 58.5 Å². The van der Waals surface area contributed by atoms with Crippen molar-refractivity contribution in [1.29, 1.82) is 0 Å². The summed E-state index contributed by atoms with van der Waals surface area (Å²) in [7, 11) is 0. The van der Waals surface area contributed by atoms with Crippen LogP contribution in [0.5, 0.6) is 5.75 Å². The molecule has 19 heavy (non-hydrogen) atoms. The molecule has 0 fully saturated rings. The summed E-state index contributed by atoms with van der Waals surface area (Å²) in [5.41, 5.74) is 1.33. The first-order valence-corrected chi connectivity index (χ1v) is 5.74. The fraction of sp³-hybridized carbons (Fsp3) is 0.154.